The fourth-order valence-corrected chi connectivity index (χ4v) is 2.36. The van der Waals surface area contributed by atoms with Crippen LogP contribution >= 0.6 is 0 Å². The first-order valence-corrected chi connectivity index (χ1v) is 7.00. The lowest BCUT2D eigenvalue weighted by Gasteiger charge is -2.13. The molecule has 2 rings (SSSR count). The predicted molar refractivity (Wildman–Crippen MR) is 71.5 cm³/mol. The molecule has 0 aromatic carbocycles. The number of hydrogen-bond donors (Lipinski definition) is 2. The van der Waals surface area contributed by atoms with E-state index in [1.165, 1.54) is 25.7 Å². The quantitative estimate of drug-likeness (QED) is 0.745. The van der Waals surface area contributed by atoms with Crippen LogP contribution in [0.5, 0.6) is 0 Å². The molecule has 1 saturated carbocycles. The van der Waals surface area contributed by atoms with Gasteiger partial charge in [0.2, 0.25) is 5.89 Å². The van der Waals surface area contributed by atoms with E-state index in [9.17, 15) is 0 Å². The van der Waals surface area contributed by atoms with Gasteiger partial charge in [0, 0.05) is 6.54 Å². The van der Waals surface area contributed by atoms with Crippen LogP contribution in [0.1, 0.15) is 58.4 Å². The minimum Gasteiger partial charge on any atom is -0.406 e. The molecule has 0 radical (unpaired) electrons. The smallest absolute Gasteiger partial charge is 0.315 e. The maximum Gasteiger partial charge on any atom is 0.315 e. The fraction of sp³-hybridized carbons (Fsp3) is 0.846. The van der Waals surface area contributed by atoms with E-state index in [1.54, 1.807) is 0 Å². The lowest BCUT2D eigenvalue weighted by Crippen LogP contribution is -2.18. The van der Waals surface area contributed by atoms with Gasteiger partial charge in [0.1, 0.15) is 0 Å². The standard InChI is InChI=1S/C13H24N4O/c1-4-6-13(7-8-13)9-15-12-17-16-11(18-12)10(3)14-5-2/h10,14H,4-9H2,1-3H3,(H,15,17). The number of nitrogens with one attached hydrogen (secondary N) is 2. The molecule has 2 N–H and O–H groups in total. The number of anilines is 1. The number of rotatable bonds is 8. The van der Waals surface area contributed by atoms with Gasteiger partial charge < -0.3 is 15.1 Å². The van der Waals surface area contributed by atoms with Crippen LogP contribution in [-0.4, -0.2) is 23.3 Å². The third-order valence-electron chi connectivity index (χ3n) is 3.67. The molecular weight excluding hydrogens is 228 g/mol. The summed E-state index contributed by atoms with van der Waals surface area (Å²) in [5, 5.41) is 14.6. The highest BCUT2D eigenvalue weighted by atomic mass is 16.4. The van der Waals surface area contributed by atoms with Crippen LogP contribution in [0.15, 0.2) is 4.42 Å². The van der Waals surface area contributed by atoms with Crippen LogP contribution in [0.4, 0.5) is 6.01 Å². The predicted octanol–water partition coefficient (Wildman–Crippen LogP) is 2.73. The summed E-state index contributed by atoms with van der Waals surface area (Å²) < 4.78 is 5.60. The van der Waals surface area contributed by atoms with E-state index in [4.69, 9.17) is 4.42 Å². The topological polar surface area (TPSA) is 63.0 Å². The van der Waals surface area contributed by atoms with Crippen LogP contribution in [0, 0.1) is 5.41 Å². The Balaban J connectivity index is 1.83. The van der Waals surface area contributed by atoms with Crippen LogP contribution in [0.25, 0.3) is 0 Å². The van der Waals surface area contributed by atoms with Gasteiger partial charge in [-0.3, -0.25) is 0 Å². The second kappa shape index (κ2) is 5.69. The average Bonchev–Trinajstić information content (AvgIpc) is 2.95. The van der Waals surface area contributed by atoms with Gasteiger partial charge in [-0.2, -0.15) is 0 Å². The van der Waals surface area contributed by atoms with Crippen molar-refractivity contribution in [2.45, 2.75) is 52.5 Å². The van der Waals surface area contributed by atoms with Crippen LogP contribution < -0.4 is 10.6 Å². The largest absolute Gasteiger partial charge is 0.406 e. The van der Waals surface area contributed by atoms with E-state index in [0.717, 1.165) is 13.1 Å². The van der Waals surface area contributed by atoms with Gasteiger partial charge in [-0.05, 0) is 38.1 Å². The lowest BCUT2D eigenvalue weighted by atomic mass is 10.0. The minimum atomic E-state index is 0.114. The van der Waals surface area contributed by atoms with Gasteiger partial charge in [-0.15, -0.1) is 5.10 Å². The Bertz CT molecular complexity index is 373. The molecular formula is C13H24N4O. The zero-order chi connectivity index (χ0) is 13.0. The molecule has 0 amide bonds. The Kier molecular flexibility index (Phi) is 4.22. The fourth-order valence-electron chi connectivity index (χ4n) is 2.36. The molecule has 1 heterocycles. The highest BCUT2D eigenvalue weighted by Crippen LogP contribution is 2.49. The molecule has 5 heteroatoms. The maximum atomic E-state index is 5.60. The monoisotopic (exact) mass is 252 g/mol. The molecule has 1 aromatic heterocycles. The van der Waals surface area contributed by atoms with Crippen molar-refractivity contribution in [3.8, 4) is 0 Å². The van der Waals surface area contributed by atoms with Crippen LogP contribution in [0.2, 0.25) is 0 Å². The van der Waals surface area contributed by atoms with E-state index in [-0.39, 0.29) is 6.04 Å². The van der Waals surface area contributed by atoms with Crippen molar-refractivity contribution < 1.29 is 4.42 Å². The number of hydrogen-bond acceptors (Lipinski definition) is 5. The van der Waals surface area contributed by atoms with Crippen molar-refractivity contribution in [1.82, 2.24) is 15.5 Å². The molecule has 0 bridgehead atoms. The molecule has 1 aliphatic carbocycles. The molecule has 102 valence electrons. The summed E-state index contributed by atoms with van der Waals surface area (Å²) in [6.45, 7) is 8.18. The van der Waals surface area contributed by atoms with Crippen LogP contribution in [0.3, 0.4) is 0 Å². The van der Waals surface area contributed by atoms with Gasteiger partial charge in [0.05, 0.1) is 6.04 Å². The average molecular weight is 252 g/mol. The van der Waals surface area contributed by atoms with E-state index in [0.29, 0.717) is 17.3 Å². The Labute approximate surface area is 109 Å². The molecule has 1 aromatic rings. The first-order chi connectivity index (χ1) is 8.69. The normalized spacial score (nSPS) is 18.6. The Morgan fingerprint density at radius 2 is 2.11 bits per heavy atom. The van der Waals surface area contributed by atoms with Gasteiger partial charge >= 0.3 is 6.01 Å². The van der Waals surface area contributed by atoms with Gasteiger partial charge in [0.15, 0.2) is 0 Å². The number of aromatic nitrogens is 2. The summed E-state index contributed by atoms with van der Waals surface area (Å²) in [4.78, 5) is 0. The van der Waals surface area contributed by atoms with Gasteiger partial charge in [-0.1, -0.05) is 25.4 Å². The Morgan fingerprint density at radius 3 is 2.72 bits per heavy atom. The molecule has 0 spiro atoms. The van der Waals surface area contributed by atoms with Crippen molar-refractivity contribution in [2.75, 3.05) is 18.4 Å². The SMILES string of the molecule is CCCC1(CNc2nnc(C(C)NCC)o2)CC1. The van der Waals surface area contributed by atoms with E-state index >= 15 is 0 Å². The number of nitrogens with zero attached hydrogens (tertiary/aromatic N) is 2. The Morgan fingerprint density at radius 1 is 1.33 bits per heavy atom. The third kappa shape index (κ3) is 3.22. The van der Waals surface area contributed by atoms with Crippen molar-refractivity contribution >= 4 is 6.01 Å². The van der Waals surface area contributed by atoms with E-state index in [2.05, 4.69) is 34.7 Å². The molecule has 18 heavy (non-hydrogen) atoms. The lowest BCUT2D eigenvalue weighted by molar-refractivity contribution is 0.422. The van der Waals surface area contributed by atoms with Gasteiger partial charge in [0.25, 0.3) is 0 Å². The minimum absolute atomic E-state index is 0.114. The highest BCUT2D eigenvalue weighted by Gasteiger charge is 2.41. The van der Waals surface area contributed by atoms with E-state index < -0.39 is 0 Å². The van der Waals surface area contributed by atoms with Crippen molar-refractivity contribution in [2.24, 2.45) is 5.41 Å². The summed E-state index contributed by atoms with van der Waals surface area (Å²) in [5.74, 6) is 0.652. The van der Waals surface area contributed by atoms with Gasteiger partial charge in [-0.25, -0.2) is 0 Å². The van der Waals surface area contributed by atoms with Crippen molar-refractivity contribution in [3.05, 3.63) is 5.89 Å². The van der Waals surface area contributed by atoms with E-state index in [1.807, 2.05) is 6.92 Å². The zero-order valence-electron chi connectivity index (χ0n) is 11.6. The molecule has 1 atom stereocenters. The maximum absolute atomic E-state index is 5.60. The first kappa shape index (κ1) is 13.3. The molecule has 1 unspecified atom stereocenters. The third-order valence-corrected chi connectivity index (χ3v) is 3.67. The summed E-state index contributed by atoms with van der Waals surface area (Å²) in [6, 6.07) is 0.667. The second-order valence-electron chi connectivity index (χ2n) is 5.33. The molecule has 1 fully saturated rings. The summed E-state index contributed by atoms with van der Waals surface area (Å²) in [5.41, 5.74) is 0.497. The Hall–Kier alpha value is -1.10. The first-order valence-electron chi connectivity index (χ1n) is 7.00. The summed E-state index contributed by atoms with van der Waals surface area (Å²) in [6.07, 6.45) is 5.17. The molecule has 0 aliphatic heterocycles. The highest BCUT2D eigenvalue weighted by molar-refractivity contribution is 5.20. The second-order valence-corrected chi connectivity index (χ2v) is 5.33. The zero-order valence-corrected chi connectivity index (χ0v) is 11.6. The van der Waals surface area contributed by atoms with Crippen molar-refractivity contribution in [1.29, 1.82) is 0 Å². The molecule has 5 nitrogen and oxygen atoms in total. The molecule has 1 aliphatic rings. The van der Waals surface area contributed by atoms with Crippen LogP contribution in [-0.2, 0) is 0 Å². The summed E-state index contributed by atoms with van der Waals surface area (Å²) >= 11 is 0. The summed E-state index contributed by atoms with van der Waals surface area (Å²) in [7, 11) is 0. The molecule has 0 saturated heterocycles. The van der Waals surface area contributed by atoms with Crippen molar-refractivity contribution in [3.63, 3.8) is 0 Å².